The number of benzene rings is 1. The molecule has 1 saturated heterocycles. The van der Waals surface area contributed by atoms with Crippen LogP contribution in [0.5, 0.6) is 0 Å². The molecule has 0 radical (unpaired) electrons. The van der Waals surface area contributed by atoms with Crippen LogP contribution in [0.25, 0.3) is 0 Å². The van der Waals surface area contributed by atoms with Gasteiger partial charge in [-0.25, -0.2) is 0 Å². The van der Waals surface area contributed by atoms with Crippen LogP contribution in [0.2, 0.25) is 0 Å². The van der Waals surface area contributed by atoms with Gasteiger partial charge in [0.1, 0.15) is 0 Å². The zero-order valence-electron chi connectivity index (χ0n) is 10.7. The van der Waals surface area contributed by atoms with Gasteiger partial charge in [0.25, 0.3) is 5.91 Å². The number of amides is 2. The molecule has 0 aromatic heterocycles. The Hall–Kier alpha value is -1.84. The molecule has 1 atom stereocenters. The average molecular weight is 246 g/mol. The molecule has 2 amide bonds. The maximum Gasteiger partial charge on any atom is 0.251 e. The van der Waals surface area contributed by atoms with Crippen LogP contribution >= 0.6 is 0 Å². The summed E-state index contributed by atoms with van der Waals surface area (Å²) in [5.74, 6) is -0.0142. The second-order valence-electron chi connectivity index (χ2n) is 4.81. The lowest BCUT2D eigenvalue weighted by atomic mass is 10.1. The number of hydrogen-bond donors (Lipinski definition) is 2. The predicted molar refractivity (Wildman–Crippen MR) is 69.4 cm³/mol. The Morgan fingerprint density at radius 2 is 2.17 bits per heavy atom. The summed E-state index contributed by atoms with van der Waals surface area (Å²) in [6.07, 6.45) is 1.36. The first kappa shape index (κ1) is 12.6. The number of carbonyl (C=O) groups is 2. The monoisotopic (exact) mass is 246 g/mol. The van der Waals surface area contributed by atoms with E-state index >= 15 is 0 Å². The van der Waals surface area contributed by atoms with Gasteiger partial charge in [-0.3, -0.25) is 9.59 Å². The molecule has 0 saturated carbocycles. The van der Waals surface area contributed by atoms with Crippen molar-refractivity contribution < 1.29 is 9.59 Å². The Labute approximate surface area is 107 Å². The Morgan fingerprint density at radius 1 is 1.39 bits per heavy atom. The fourth-order valence-electron chi connectivity index (χ4n) is 2.03. The highest BCUT2D eigenvalue weighted by atomic mass is 16.2. The van der Waals surface area contributed by atoms with Crippen molar-refractivity contribution in [1.29, 1.82) is 0 Å². The number of nitrogens with one attached hydrogen (secondary N) is 2. The van der Waals surface area contributed by atoms with Crippen LogP contribution in [0.1, 0.15) is 34.3 Å². The molecule has 2 rings (SSSR count). The third-order valence-corrected chi connectivity index (χ3v) is 3.36. The zero-order valence-corrected chi connectivity index (χ0v) is 10.7. The summed E-state index contributed by atoms with van der Waals surface area (Å²) in [5, 5.41) is 5.68. The number of carbonyl (C=O) groups excluding carboxylic acids is 2. The van der Waals surface area contributed by atoms with E-state index in [9.17, 15) is 9.59 Å². The van der Waals surface area contributed by atoms with Gasteiger partial charge in [-0.2, -0.15) is 0 Å². The van der Waals surface area contributed by atoms with Crippen LogP contribution in [0.15, 0.2) is 18.2 Å². The molecule has 1 aromatic rings. The average Bonchev–Trinajstić information content (AvgIpc) is 2.75. The molecule has 4 nitrogen and oxygen atoms in total. The lowest BCUT2D eigenvalue weighted by Gasteiger charge is -2.12. The molecule has 96 valence electrons. The van der Waals surface area contributed by atoms with E-state index in [1.165, 1.54) is 5.56 Å². The maximum absolute atomic E-state index is 11.9. The smallest absolute Gasteiger partial charge is 0.251 e. The van der Waals surface area contributed by atoms with Crippen LogP contribution in [-0.2, 0) is 4.79 Å². The summed E-state index contributed by atoms with van der Waals surface area (Å²) >= 11 is 0. The minimum Gasteiger partial charge on any atom is -0.352 e. The van der Waals surface area contributed by atoms with Crippen LogP contribution in [0.4, 0.5) is 0 Å². The topological polar surface area (TPSA) is 58.2 Å². The van der Waals surface area contributed by atoms with Crippen LogP contribution in [0.3, 0.4) is 0 Å². The largest absolute Gasteiger partial charge is 0.352 e. The summed E-state index contributed by atoms with van der Waals surface area (Å²) in [7, 11) is 0. The van der Waals surface area contributed by atoms with Gasteiger partial charge in [-0.15, -0.1) is 0 Å². The molecule has 1 heterocycles. The molecule has 0 bridgehead atoms. The van der Waals surface area contributed by atoms with Crippen LogP contribution in [-0.4, -0.2) is 24.4 Å². The first-order valence-electron chi connectivity index (χ1n) is 6.21. The number of aryl methyl sites for hydroxylation is 2. The van der Waals surface area contributed by atoms with Gasteiger partial charge in [0, 0.05) is 24.6 Å². The van der Waals surface area contributed by atoms with Crippen molar-refractivity contribution in [3.63, 3.8) is 0 Å². The van der Waals surface area contributed by atoms with Crippen molar-refractivity contribution in [1.82, 2.24) is 10.6 Å². The van der Waals surface area contributed by atoms with E-state index in [0.717, 1.165) is 12.0 Å². The van der Waals surface area contributed by atoms with Crippen molar-refractivity contribution in [3.05, 3.63) is 34.9 Å². The SMILES string of the molecule is Cc1ccc(C(=O)NCC2CCC(=O)N2)cc1C. The zero-order chi connectivity index (χ0) is 13.1. The Balaban J connectivity index is 1.91. The van der Waals surface area contributed by atoms with E-state index < -0.39 is 0 Å². The lowest BCUT2D eigenvalue weighted by Crippen LogP contribution is -2.38. The standard InChI is InChI=1S/C14H18N2O2/c1-9-3-4-11(7-10(9)2)14(18)15-8-12-5-6-13(17)16-12/h3-4,7,12H,5-6,8H2,1-2H3,(H,15,18)(H,16,17). The van der Waals surface area contributed by atoms with E-state index in [2.05, 4.69) is 10.6 Å². The van der Waals surface area contributed by atoms with Crippen molar-refractivity contribution in [2.75, 3.05) is 6.54 Å². The van der Waals surface area contributed by atoms with Gasteiger partial charge in [-0.05, 0) is 43.5 Å². The van der Waals surface area contributed by atoms with E-state index in [0.29, 0.717) is 18.5 Å². The van der Waals surface area contributed by atoms with Crippen molar-refractivity contribution in [2.24, 2.45) is 0 Å². The molecule has 4 heteroatoms. The summed E-state index contributed by atoms with van der Waals surface area (Å²) in [5.41, 5.74) is 2.95. The molecule has 2 N–H and O–H groups in total. The van der Waals surface area contributed by atoms with Crippen molar-refractivity contribution >= 4 is 11.8 Å². The highest BCUT2D eigenvalue weighted by Crippen LogP contribution is 2.10. The third-order valence-electron chi connectivity index (χ3n) is 3.36. The fourth-order valence-corrected chi connectivity index (χ4v) is 2.03. The van der Waals surface area contributed by atoms with Crippen molar-refractivity contribution in [3.8, 4) is 0 Å². The maximum atomic E-state index is 11.9. The molecular weight excluding hydrogens is 228 g/mol. The normalized spacial score (nSPS) is 18.6. The molecule has 1 aromatic carbocycles. The van der Waals surface area contributed by atoms with Gasteiger partial charge in [0.2, 0.25) is 5.91 Å². The van der Waals surface area contributed by atoms with Crippen LogP contribution in [0, 0.1) is 13.8 Å². The molecule has 0 spiro atoms. The quantitative estimate of drug-likeness (QED) is 0.845. The number of rotatable bonds is 3. The molecule has 1 aliphatic heterocycles. The Bertz CT molecular complexity index is 483. The first-order chi connectivity index (χ1) is 8.56. The number of hydrogen-bond acceptors (Lipinski definition) is 2. The summed E-state index contributed by atoms with van der Waals surface area (Å²) < 4.78 is 0. The van der Waals surface area contributed by atoms with Crippen molar-refractivity contribution in [2.45, 2.75) is 32.7 Å². The van der Waals surface area contributed by atoms with Gasteiger partial charge in [-0.1, -0.05) is 6.07 Å². The molecule has 1 fully saturated rings. The summed E-state index contributed by atoms with van der Waals surface area (Å²) in [6, 6.07) is 5.73. The molecule has 18 heavy (non-hydrogen) atoms. The van der Waals surface area contributed by atoms with E-state index in [-0.39, 0.29) is 17.9 Å². The third kappa shape index (κ3) is 2.88. The molecule has 1 unspecified atom stereocenters. The highest BCUT2D eigenvalue weighted by Gasteiger charge is 2.21. The molecule has 1 aliphatic rings. The highest BCUT2D eigenvalue weighted by molar-refractivity contribution is 5.94. The van der Waals surface area contributed by atoms with E-state index in [1.54, 1.807) is 0 Å². The van der Waals surface area contributed by atoms with Gasteiger partial charge >= 0.3 is 0 Å². The fraction of sp³-hybridized carbons (Fsp3) is 0.429. The summed E-state index contributed by atoms with van der Waals surface area (Å²) in [6.45, 7) is 4.51. The molecular formula is C14H18N2O2. The van der Waals surface area contributed by atoms with E-state index in [1.807, 2.05) is 32.0 Å². The molecule has 0 aliphatic carbocycles. The van der Waals surface area contributed by atoms with E-state index in [4.69, 9.17) is 0 Å². The minimum absolute atomic E-state index is 0.0698. The minimum atomic E-state index is -0.0840. The predicted octanol–water partition coefficient (Wildman–Crippen LogP) is 1.31. The summed E-state index contributed by atoms with van der Waals surface area (Å²) in [4.78, 5) is 22.9. The second-order valence-corrected chi connectivity index (χ2v) is 4.81. The second kappa shape index (κ2) is 5.21. The Morgan fingerprint density at radius 3 is 2.78 bits per heavy atom. The van der Waals surface area contributed by atoms with Gasteiger partial charge < -0.3 is 10.6 Å². The first-order valence-corrected chi connectivity index (χ1v) is 6.21. The Kier molecular flexibility index (Phi) is 3.65. The van der Waals surface area contributed by atoms with Gasteiger partial charge in [0.15, 0.2) is 0 Å². The lowest BCUT2D eigenvalue weighted by molar-refractivity contribution is -0.119. The van der Waals surface area contributed by atoms with Gasteiger partial charge in [0.05, 0.1) is 0 Å². The van der Waals surface area contributed by atoms with Crippen LogP contribution < -0.4 is 10.6 Å².